The molecule has 1 aromatic rings. The molecule has 0 aromatic carbocycles. The Balaban J connectivity index is 2.03. The predicted molar refractivity (Wildman–Crippen MR) is 54.7 cm³/mol. The van der Waals surface area contributed by atoms with E-state index in [9.17, 15) is 8.42 Å². The monoisotopic (exact) mass is 213 g/mol. The van der Waals surface area contributed by atoms with E-state index in [0.29, 0.717) is 11.5 Å². The van der Waals surface area contributed by atoms with Gasteiger partial charge >= 0.3 is 0 Å². The summed E-state index contributed by atoms with van der Waals surface area (Å²) in [5.74, 6) is 0.902. The summed E-state index contributed by atoms with van der Waals surface area (Å²) in [6.07, 6.45) is 1.62. The van der Waals surface area contributed by atoms with Gasteiger partial charge in [0.2, 0.25) is 0 Å². The molecule has 1 aliphatic heterocycles. The van der Waals surface area contributed by atoms with Gasteiger partial charge < -0.3 is 11.1 Å². The molecular weight excluding hydrogens is 202 g/mol. The minimum atomic E-state index is -2.79. The van der Waals surface area contributed by atoms with Crippen molar-refractivity contribution in [3.63, 3.8) is 0 Å². The quantitative estimate of drug-likeness (QED) is 0.715. The fourth-order valence-electron chi connectivity index (χ4n) is 1.38. The Morgan fingerprint density at radius 1 is 1.50 bits per heavy atom. The van der Waals surface area contributed by atoms with Gasteiger partial charge in [-0.1, -0.05) is 0 Å². The van der Waals surface area contributed by atoms with E-state index in [1.165, 1.54) is 0 Å². The number of hydrogen-bond acceptors (Lipinski definition) is 5. The van der Waals surface area contributed by atoms with Gasteiger partial charge in [0.05, 0.1) is 23.2 Å². The Kier molecular flexibility index (Phi) is 2.07. The number of nitrogens with two attached hydrogens (primary N) is 1. The molecule has 0 radical (unpaired) electrons. The molecule has 1 fully saturated rings. The van der Waals surface area contributed by atoms with E-state index in [1.54, 1.807) is 18.3 Å². The van der Waals surface area contributed by atoms with Gasteiger partial charge in [-0.2, -0.15) is 0 Å². The largest absolute Gasteiger partial charge is 0.396 e. The molecule has 3 N–H and O–H groups in total. The lowest BCUT2D eigenvalue weighted by Crippen LogP contribution is -2.46. The highest BCUT2D eigenvalue weighted by Crippen LogP contribution is 2.19. The Morgan fingerprint density at radius 3 is 2.79 bits per heavy atom. The number of hydrogen-bond donors (Lipinski definition) is 2. The van der Waals surface area contributed by atoms with Crippen LogP contribution in [0.2, 0.25) is 0 Å². The van der Waals surface area contributed by atoms with Crippen LogP contribution in [0.25, 0.3) is 0 Å². The van der Waals surface area contributed by atoms with E-state index in [2.05, 4.69) is 10.3 Å². The van der Waals surface area contributed by atoms with Crippen LogP contribution in [-0.4, -0.2) is 30.9 Å². The van der Waals surface area contributed by atoms with E-state index >= 15 is 0 Å². The second-order valence-electron chi connectivity index (χ2n) is 3.36. The third-order valence-electron chi connectivity index (χ3n) is 2.09. The molecule has 2 heterocycles. The summed E-state index contributed by atoms with van der Waals surface area (Å²) in [6.45, 7) is 0. The Morgan fingerprint density at radius 2 is 2.21 bits per heavy atom. The van der Waals surface area contributed by atoms with Gasteiger partial charge in [0.1, 0.15) is 5.82 Å². The molecule has 0 aliphatic carbocycles. The number of pyridine rings is 1. The minimum absolute atomic E-state index is 0.0443. The van der Waals surface area contributed by atoms with Crippen LogP contribution in [0.15, 0.2) is 18.3 Å². The average molecular weight is 213 g/mol. The molecule has 14 heavy (non-hydrogen) atoms. The molecule has 2 rings (SSSR count). The van der Waals surface area contributed by atoms with Gasteiger partial charge in [-0.15, -0.1) is 0 Å². The smallest absolute Gasteiger partial charge is 0.154 e. The lowest BCUT2D eigenvalue weighted by molar-refractivity contribution is 0.570. The maximum absolute atomic E-state index is 10.9. The minimum Gasteiger partial charge on any atom is -0.396 e. The van der Waals surface area contributed by atoms with Gasteiger partial charge in [0.25, 0.3) is 0 Å². The van der Waals surface area contributed by atoms with Crippen LogP contribution in [0.3, 0.4) is 0 Å². The van der Waals surface area contributed by atoms with Crippen LogP contribution < -0.4 is 11.1 Å². The molecule has 0 bridgehead atoms. The first-order chi connectivity index (χ1) is 6.57. The number of nitrogens with zero attached hydrogens (tertiary/aromatic N) is 1. The molecular formula is C8H11N3O2S. The first kappa shape index (κ1) is 9.26. The Labute approximate surface area is 82.3 Å². The van der Waals surface area contributed by atoms with Crippen molar-refractivity contribution in [2.24, 2.45) is 0 Å². The van der Waals surface area contributed by atoms with Gasteiger partial charge in [0, 0.05) is 6.20 Å². The Bertz CT molecular complexity index is 432. The number of rotatable bonds is 2. The van der Waals surface area contributed by atoms with Crippen LogP contribution >= 0.6 is 0 Å². The van der Waals surface area contributed by atoms with Crippen molar-refractivity contribution in [2.45, 2.75) is 6.04 Å². The van der Waals surface area contributed by atoms with Crippen molar-refractivity contribution in [1.82, 2.24) is 4.98 Å². The number of nitrogens with one attached hydrogen (secondary N) is 1. The van der Waals surface area contributed by atoms with Gasteiger partial charge in [-0.05, 0) is 12.1 Å². The lowest BCUT2D eigenvalue weighted by Gasteiger charge is -2.27. The first-order valence-electron chi connectivity index (χ1n) is 4.24. The van der Waals surface area contributed by atoms with Gasteiger partial charge in [0.15, 0.2) is 9.84 Å². The van der Waals surface area contributed by atoms with E-state index in [0.717, 1.165) is 0 Å². The number of nitrogen functional groups attached to an aromatic ring is 1. The van der Waals surface area contributed by atoms with Crippen molar-refractivity contribution >= 4 is 21.3 Å². The third kappa shape index (κ3) is 1.79. The SMILES string of the molecule is Nc1cccnc1NC1CS(=O)(=O)C1. The van der Waals surface area contributed by atoms with E-state index in [-0.39, 0.29) is 17.5 Å². The summed E-state index contributed by atoms with van der Waals surface area (Å²) in [6, 6.07) is 3.41. The maximum Gasteiger partial charge on any atom is 0.154 e. The zero-order chi connectivity index (χ0) is 10.2. The topological polar surface area (TPSA) is 85.1 Å². The number of aromatic nitrogens is 1. The number of sulfone groups is 1. The standard InChI is InChI=1S/C8H11N3O2S/c9-7-2-1-3-10-8(7)11-6-4-14(12,13)5-6/h1-3,6H,4-5,9H2,(H,10,11). The van der Waals surface area contributed by atoms with Crippen LogP contribution in [0.5, 0.6) is 0 Å². The summed E-state index contributed by atoms with van der Waals surface area (Å²) in [7, 11) is -2.79. The predicted octanol–water partition coefficient (Wildman–Crippen LogP) is -0.127. The normalized spacial score (nSPS) is 20.0. The maximum atomic E-state index is 10.9. The zero-order valence-corrected chi connectivity index (χ0v) is 8.29. The van der Waals surface area contributed by atoms with E-state index in [4.69, 9.17) is 5.73 Å². The molecule has 1 saturated heterocycles. The highest BCUT2D eigenvalue weighted by Gasteiger charge is 2.33. The van der Waals surface area contributed by atoms with Crippen LogP contribution in [0.4, 0.5) is 11.5 Å². The van der Waals surface area contributed by atoms with E-state index < -0.39 is 9.84 Å². The highest BCUT2D eigenvalue weighted by atomic mass is 32.2. The molecule has 0 unspecified atom stereocenters. The second-order valence-corrected chi connectivity index (χ2v) is 5.51. The molecule has 6 heteroatoms. The molecule has 76 valence electrons. The van der Waals surface area contributed by atoms with E-state index in [1.807, 2.05) is 0 Å². The summed E-state index contributed by atoms with van der Waals surface area (Å²) in [4.78, 5) is 4.02. The molecule has 1 aliphatic rings. The first-order valence-corrected chi connectivity index (χ1v) is 6.06. The third-order valence-corrected chi connectivity index (χ3v) is 3.91. The average Bonchev–Trinajstić information content (AvgIpc) is 2.05. The van der Waals surface area contributed by atoms with Crippen LogP contribution in [-0.2, 0) is 9.84 Å². The molecule has 0 atom stereocenters. The van der Waals surface area contributed by atoms with Crippen molar-refractivity contribution in [1.29, 1.82) is 0 Å². The zero-order valence-electron chi connectivity index (χ0n) is 7.47. The second kappa shape index (κ2) is 3.13. The van der Waals surface area contributed by atoms with Crippen LogP contribution in [0, 0.1) is 0 Å². The molecule has 0 amide bonds. The fraction of sp³-hybridized carbons (Fsp3) is 0.375. The van der Waals surface area contributed by atoms with Crippen molar-refractivity contribution in [2.75, 3.05) is 22.6 Å². The van der Waals surface area contributed by atoms with Crippen molar-refractivity contribution in [3.05, 3.63) is 18.3 Å². The summed E-state index contributed by atoms with van der Waals surface area (Å²) < 4.78 is 21.8. The summed E-state index contributed by atoms with van der Waals surface area (Å²) in [5, 5.41) is 2.99. The van der Waals surface area contributed by atoms with Gasteiger partial charge in [-0.3, -0.25) is 0 Å². The van der Waals surface area contributed by atoms with Crippen molar-refractivity contribution in [3.8, 4) is 0 Å². The van der Waals surface area contributed by atoms with Crippen LogP contribution in [0.1, 0.15) is 0 Å². The molecule has 5 nitrogen and oxygen atoms in total. The summed E-state index contributed by atoms with van der Waals surface area (Å²) >= 11 is 0. The lowest BCUT2D eigenvalue weighted by atomic mass is 10.3. The highest BCUT2D eigenvalue weighted by molar-refractivity contribution is 7.92. The number of anilines is 2. The summed E-state index contributed by atoms with van der Waals surface area (Å²) in [5.41, 5.74) is 6.18. The van der Waals surface area contributed by atoms with Crippen molar-refractivity contribution < 1.29 is 8.42 Å². The molecule has 0 spiro atoms. The molecule has 1 aromatic heterocycles. The fourth-order valence-corrected chi connectivity index (χ4v) is 2.67. The molecule has 0 saturated carbocycles. The van der Waals surface area contributed by atoms with Gasteiger partial charge in [-0.25, -0.2) is 13.4 Å². The Hall–Kier alpha value is -1.30.